The molecule has 1 atom stereocenters. The van der Waals surface area contributed by atoms with Crippen LogP contribution in [-0.4, -0.2) is 29.6 Å². The summed E-state index contributed by atoms with van der Waals surface area (Å²) in [6.45, 7) is 4.93. The second kappa shape index (κ2) is 6.73. The first-order valence-electron chi connectivity index (χ1n) is 8.01. The standard InChI is InChI=1S/C18H29NO/c1-4-15-10-12-17(13-11-15)19(3)14-18(2,20)16-8-6-5-7-9-16/h5-9,15,17,20H,4,10-14H2,1-3H3. The van der Waals surface area contributed by atoms with Gasteiger partial charge in [-0.25, -0.2) is 0 Å². The molecule has 1 aliphatic rings. The van der Waals surface area contributed by atoms with E-state index in [9.17, 15) is 5.11 Å². The molecule has 0 heterocycles. The molecule has 1 aromatic rings. The molecule has 0 bridgehead atoms. The van der Waals surface area contributed by atoms with Crippen LogP contribution in [0.4, 0.5) is 0 Å². The van der Waals surface area contributed by atoms with Gasteiger partial charge in [-0.2, -0.15) is 0 Å². The molecule has 0 aliphatic heterocycles. The zero-order valence-corrected chi connectivity index (χ0v) is 13.2. The highest BCUT2D eigenvalue weighted by molar-refractivity contribution is 5.21. The smallest absolute Gasteiger partial charge is 0.0994 e. The lowest BCUT2D eigenvalue weighted by atomic mass is 9.83. The summed E-state index contributed by atoms with van der Waals surface area (Å²) >= 11 is 0. The Labute approximate surface area is 123 Å². The maximum atomic E-state index is 10.7. The Morgan fingerprint density at radius 1 is 1.15 bits per heavy atom. The molecule has 1 N–H and O–H groups in total. The number of nitrogens with zero attached hydrogens (tertiary/aromatic N) is 1. The number of benzene rings is 1. The van der Waals surface area contributed by atoms with Gasteiger partial charge in [-0.15, -0.1) is 0 Å². The Kier molecular flexibility index (Phi) is 5.22. The maximum absolute atomic E-state index is 10.7. The molecule has 0 radical (unpaired) electrons. The summed E-state index contributed by atoms with van der Waals surface area (Å²) in [4.78, 5) is 2.36. The Morgan fingerprint density at radius 3 is 2.30 bits per heavy atom. The van der Waals surface area contributed by atoms with Gasteiger partial charge in [0.1, 0.15) is 0 Å². The Morgan fingerprint density at radius 2 is 1.75 bits per heavy atom. The van der Waals surface area contributed by atoms with Crippen LogP contribution in [0.25, 0.3) is 0 Å². The molecule has 0 spiro atoms. The first kappa shape index (κ1) is 15.5. The second-order valence-electron chi connectivity index (χ2n) is 6.64. The average Bonchev–Trinajstić information content (AvgIpc) is 2.48. The van der Waals surface area contributed by atoms with E-state index in [1.807, 2.05) is 37.3 Å². The lowest BCUT2D eigenvalue weighted by Gasteiger charge is -2.38. The Hall–Kier alpha value is -0.860. The topological polar surface area (TPSA) is 23.5 Å². The van der Waals surface area contributed by atoms with Crippen molar-refractivity contribution in [2.45, 2.75) is 57.6 Å². The van der Waals surface area contributed by atoms with Crippen LogP contribution < -0.4 is 0 Å². The quantitative estimate of drug-likeness (QED) is 0.883. The molecular weight excluding hydrogens is 246 g/mol. The van der Waals surface area contributed by atoms with Gasteiger partial charge in [0.2, 0.25) is 0 Å². The highest BCUT2D eigenvalue weighted by Crippen LogP contribution is 2.30. The van der Waals surface area contributed by atoms with Crippen LogP contribution in [0.1, 0.15) is 51.5 Å². The third-order valence-electron chi connectivity index (χ3n) is 4.97. The summed E-state index contributed by atoms with van der Waals surface area (Å²) in [6.07, 6.45) is 6.57. The van der Waals surface area contributed by atoms with Crippen LogP contribution in [0, 0.1) is 5.92 Å². The maximum Gasteiger partial charge on any atom is 0.0994 e. The molecule has 2 nitrogen and oxygen atoms in total. The summed E-state index contributed by atoms with van der Waals surface area (Å²) in [5, 5.41) is 10.7. The predicted molar refractivity (Wildman–Crippen MR) is 84.7 cm³/mol. The van der Waals surface area contributed by atoms with E-state index in [0.29, 0.717) is 12.6 Å². The molecule has 0 saturated heterocycles. The zero-order valence-electron chi connectivity index (χ0n) is 13.2. The third-order valence-corrected chi connectivity index (χ3v) is 4.97. The van der Waals surface area contributed by atoms with Crippen molar-refractivity contribution in [2.75, 3.05) is 13.6 Å². The summed E-state index contributed by atoms with van der Waals surface area (Å²) in [7, 11) is 2.16. The van der Waals surface area contributed by atoms with Crippen molar-refractivity contribution >= 4 is 0 Å². The molecule has 1 unspecified atom stereocenters. The Balaban J connectivity index is 1.92. The minimum Gasteiger partial charge on any atom is -0.384 e. The Bertz CT molecular complexity index is 393. The van der Waals surface area contributed by atoms with E-state index in [1.165, 1.54) is 32.1 Å². The van der Waals surface area contributed by atoms with Gasteiger partial charge in [-0.05, 0) is 51.1 Å². The van der Waals surface area contributed by atoms with Crippen LogP contribution in [0.5, 0.6) is 0 Å². The van der Waals surface area contributed by atoms with E-state index in [0.717, 1.165) is 11.5 Å². The summed E-state index contributed by atoms with van der Waals surface area (Å²) in [5.41, 5.74) is 0.242. The number of hydrogen-bond donors (Lipinski definition) is 1. The number of likely N-dealkylation sites (N-methyl/N-ethyl adjacent to an activating group) is 1. The average molecular weight is 275 g/mol. The van der Waals surface area contributed by atoms with Gasteiger partial charge in [0.25, 0.3) is 0 Å². The normalized spacial score (nSPS) is 26.4. The van der Waals surface area contributed by atoms with E-state index < -0.39 is 5.60 Å². The van der Waals surface area contributed by atoms with Crippen molar-refractivity contribution in [1.29, 1.82) is 0 Å². The van der Waals surface area contributed by atoms with Gasteiger partial charge in [-0.3, -0.25) is 0 Å². The van der Waals surface area contributed by atoms with Crippen LogP contribution in [0.3, 0.4) is 0 Å². The van der Waals surface area contributed by atoms with Gasteiger partial charge in [0.05, 0.1) is 5.60 Å². The van der Waals surface area contributed by atoms with E-state index >= 15 is 0 Å². The highest BCUT2D eigenvalue weighted by Gasteiger charge is 2.29. The summed E-state index contributed by atoms with van der Waals surface area (Å²) in [6, 6.07) is 10.7. The fourth-order valence-corrected chi connectivity index (χ4v) is 3.50. The first-order valence-corrected chi connectivity index (χ1v) is 8.01. The summed E-state index contributed by atoms with van der Waals surface area (Å²) < 4.78 is 0. The van der Waals surface area contributed by atoms with E-state index in [-0.39, 0.29) is 0 Å². The molecule has 2 rings (SSSR count). The molecule has 1 aliphatic carbocycles. The van der Waals surface area contributed by atoms with Gasteiger partial charge < -0.3 is 10.0 Å². The molecule has 2 heteroatoms. The van der Waals surface area contributed by atoms with Crippen molar-refractivity contribution in [3.8, 4) is 0 Å². The number of hydrogen-bond acceptors (Lipinski definition) is 2. The van der Waals surface area contributed by atoms with Crippen LogP contribution in [-0.2, 0) is 5.60 Å². The molecule has 20 heavy (non-hydrogen) atoms. The zero-order chi connectivity index (χ0) is 14.6. The molecular formula is C18H29NO. The lowest BCUT2D eigenvalue weighted by molar-refractivity contribution is 0.00407. The molecule has 1 fully saturated rings. The van der Waals surface area contributed by atoms with Gasteiger partial charge in [0, 0.05) is 12.6 Å². The molecule has 112 valence electrons. The van der Waals surface area contributed by atoms with Gasteiger partial charge >= 0.3 is 0 Å². The fraction of sp³-hybridized carbons (Fsp3) is 0.667. The van der Waals surface area contributed by atoms with Gasteiger partial charge in [-0.1, -0.05) is 43.7 Å². The van der Waals surface area contributed by atoms with Crippen LogP contribution in [0.15, 0.2) is 30.3 Å². The minimum atomic E-state index is -0.766. The molecule has 0 aromatic heterocycles. The minimum absolute atomic E-state index is 0.632. The lowest BCUT2D eigenvalue weighted by Crippen LogP contribution is -2.43. The van der Waals surface area contributed by atoms with E-state index in [1.54, 1.807) is 0 Å². The summed E-state index contributed by atoms with van der Waals surface area (Å²) in [5.74, 6) is 0.925. The number of aliphatic hydroxyl groups is 1. The van der Waals surface area contributed by atoms with E-state index in [2.05, 4.69) is 18.9 Å². The van der Waals surface area contributed by atoms with Crippen molar-refractivity contribution in [3.05, 3.63) is 35.9 Å². The SMILES string of the molecule is CCC1CCC(N(C)CC(C)(O)c2ccccc2)CC1. The number of rotatable bonds is 5. The highest BCUT2D eigenvalue weighted by atomic mass is 16.3. The van der Waals surface area contributed by atoms with Crippen molar-refractivity contribution in [2.24, 2.45) is 5.92 Å². The monoisotopic (exact) mass is 275 g/mol. The molecule has 1 aromatic carbocycles. The predicted octanol–water partition coefficient (Wildman–Crippen LogP) is 3.79. The largest absolute Gasteiger partial charge is 0.384 e. The second-order valence-corrected chi connectivity index (χ2v) is 6.64. The van der Waals surface area contributed by atoms with Crippen LogP contribution in [0.2, 0.25) is 0 Å². The van der Waals surface area contributed by atoms with Crippen LogP contribution >= 0.6 is 0 Å². The van der Waals surface area contributed by atoms with Crippen molar-refractivity contribution in [3.63, 3.8) is 0 Å². The van der Waals surface area contributed by atoms with Gasteiger partial charge in [0.15, 0.2) is 0 Å². The van der Waals surface area contributed by atoms with Crippen molar-refractivity contribution in [1.82, 2.24) is 4.90 Å². The molecule has 0 amide bonds. The van der Waals surface area contributed by atoms with E-state index in [4.69, 9.17) is 0 Å². The fourth-order valence-electron chi connectivity index (χ4n) is 3.50. The third kappa shape index (κ3) is 3.83. The van der Waals surface area contributed by atoms with Crippen molar-refractivity contribution < 1.29 is 5.11 Å². The molecule has 1 saturated carbocycles. The first-order chi connectivity index (χ1) is 9.53.